The Labute approximate surface area is 173 Å². The van der Waals surface area contributed by atoms with Gasteiger partial charge in [0.1, 0.15) is 17.3 Å². The predicted octanol–water partition coefficient (Wildman–Crippen LogP) is 2.23. The number of nitrogens with zero attached hydrogens (tertiary/aromatic N) is 2. The molecule has 7 nitrogen and oxygen atoms in total. The Hall–Kier alpha value is -2.78. The molecule has 0 fully saturated rings. The second-order valence-corrected chi connectivity index (χ2v) is 9.31. The number of ether oxygens (including phenoxy) is 1. The highest BCUT2D eigenvalue weighted by Crippen LogP contribution is 2.30. The summed E-state index contributed by atoms with van der Waals surface area (Å²) in [5, 5.41) is 4.03. The number of aromatic nitrogens is 2. The SMILES string of the molecule is COC(=O)Cc1c2n(c3ncccc13)CC(NCS(=O)(=O)c1ccc(F)cc1)CC2. The van der Waals surface area contributed by atoms with E-state index in [0.29, 0.717) is 13.0 Å². The van der Waals surface area contributed by atoms with Crippen LogP contribution in [0.5, 0.6) is 0 Å². The highest BCUT2D eigenvalue weighted by Gasteiger charge is 2.27. The molecule has 3 aromatic rings. The molecule has 1 unspecified atom stereocenters. The minimum atomic E-state index is -3.57. The van der Waals surface area contributed by atoms with E-state index in [1.54, 1.807) is 6.20 Å². The number of halogens is 1. The summed E-state index contributed by atoms with van der Waals surface area (Å²) >= 11 is 0. The van der Waals surface area contributed by atoms with Gasteiger partial charge in [0.15, 0.2) is 9.84 Å². The fraction of sp³-hybridized carbons (Fsp3) is 0.333. The third-order valence-electron chi connectivity index (χ3n) is 5.46. The third kappa shape index (κ3) is 3.95. The van der Waals surface area contributed by atoms with Crippen LogP contribution in [0.25, 0.3) is 11.0 Å². The Kier molecular flexibility index (Phi) is 5.57. The summed E-state index contributed by atoms with van der Waals surface area (Å²) in [6.07, 6.45) is 3.30. The molecular weight excluding hydrogens is 409 g/mol. The van der Waals surface area contributed by atoms with Crippen LogP contribution in [0.2, 0.25) is 0 Å². The van der Waals surface area contributed by atoms with Crippen LogP contribution in [0, 0.1) is 5.82 Å². The molecule has 1 atom stereocenters. The number of carbonyl (C=O) groups is 1. The van der Waals surface area contributed by atoms with Crippen LogP contribution in [0.15, 0.2) is 47.5 Å². The van der Waals surface area contributed by atoms with Crippen LogP contribution in [0.4, 0.5) is 4.39 Å². The van der Waals surface area contributed by atoms with E-state index in [0.717, 1.165) is 40.8 Å². The molecule has 0 saturated heterocycles. The first-order valence-electron chi connectivity index (χ1n) is 9.62. The van der Waals surface area contributed by atoms with Gasteiger partial charge < -0.3 is 9.30 Å². The lowest BCUT2D eigenvalue weighted by Crippen LogP contribution is -2.40. The molecule has 3 heterocycles. The first-order valence-corrected chi connectivity index (χ1v) is 11.3. The van der Waals surface area contributed by atoms with Gasteiger partial charge in [-0.2, -0.15) is 0 Å². The Morgan fingerprint density at radius 2 is 2.07 bits per heavy atom. The normalized spacial score (nSPS) is 16.4. The van der Waals surface area contributed by atoms with Crippen molar-refractivity contribution in [1.82, 2.24) is 14.9 Å². The highest BCUT2D eigenvalue weighted by atomic mass is 32.2. The first kappa shape index (κ1) is 20.5. The van der Waals surface area contributed by atoms with Gasteiger partial charge in [-0.05, 0) is 54.8 Å². The van der Waals surface area contributed by atoms with E-state index < -0.39 is 15.7 Å². The molecule has 30 heavy (non-hydrogen) atoms. The molecule has 0 radical (unpaired) electrons. The fourth-order valence-corrected chi connectivity index (χ4v) is 5.10. The van der Waals surface area contributed by atoms with Gasteiger partial charge in [-0.25, -0.2) is 17.8 Å². The Bertz CT molecular complexity index is 1190. The average Bonchev–Trinajstić information content (AvgIpc) is 3.06. The lowest BCUT2D eigenvalue weighted by molar-refractivity contribution is -0.139. The summed E-state index contributed by atoms with van der Waals surface area (Å²) in [5.41, 5.74) is 2.73. The predicted molar refractivity (Wildman–Crippen MR) is 109 cm³/mol. The van der Waals surface area contributed by atoms with Crippen LogP contribution in [-0.4, -0.2) is 43.0 Å². The summed E-state index contributed by atoms with van der Waals surface area (Å²) < 4.78 is 45.1. The van der Waals surface area contributed by atoms with Crippen LogP contribution < -0.4 is 5.32 Å². The third-order valence-corrected chi connectivity index (χ3v) is 6.99. The summed E-state index contributed by atoms with van der Waals surface area (Å²) in [5.74, 6) is -1.02. The molecule has 0 saturated carbocycles. The molecule has 0 bridgehead atoms. The standard InChI is InChI=1S/C21H22FN3O4S/c1-29-20(26)11-18-17-3-2-10-23-21(17)25-12-15(6-9-19(18)25)24-13-30(27,28)16-7-4-14(22)5-8-16/h2-5,7-8,10,15,24H,6,9,11-13H2,1H3. The summed E-state index contributed by atoms with van der Waals surface area (Å²) in [7, 11) is -2.21. The van der Waals surface area contributed by atoms with Crippen molar-refractivity contribution in [2.24, 2.45) is 0 Å². The van der Waals surface area contributed by atoms with Gasteiger partial charge in [-0.15, -0.1) is 0 Å². The molecule has 1 aliphatic rings. The molecule has 2 aromatic heterocycles. The minimum absolute atomic E-state index is 0.0729. The number of benzene rings is 1. The molecule has 0 spiro atoms. The maximum absolute atomic E-state index is 13.1. The smallest absolute Gasteiger partial charge is 0.310 e. The van der Waals surface area contributed by atoms with E-state index in [9.17, 15) is 17.6 Å². The van der Waals surface area contributed by atoms with Crippen molar-refractivity contribution in [3.05, 3.63) is 59.7 Å². The molecule has 9 heteroatoms. The lowest BCUT2D eigenvalue weighted by atomic mass is 10.0. The number of methoxy groups -OCH3 is 1. The van der Waals surface area contributed by atoms with E-state index >= 15 is 0 Å². The van der Waals surface area contributed by atoms with E-state index in [1.807, 2.05) is 12.1 Å². The molecule has 1 N–H and O–H groups in total. The average molecular weight is 431 g/mol. The number of carbonyl (C=O) groups excluding carboxylic acids is 1. The lowest BCUT2D eigenvalue weighted by Gasteiger charge is -2.26. The quantitative estimate of drug-likeness (QED) is 0.476. The largest absolute Gasteiger partial charge is 0.469 e. The van der Waals surface area contributed by atoms with Crippen molar-refractivity contribution in [2.45, 2.75) is 36.7 Å². The van der Waals surface area contributed by atoms with E-state index in [4.69, 9.17) is 4.74 Å². The van der Waals surface area contributed by atoms with Crippen molar-refractivity contribution >= 4 is 26.8 Å². The highest BCUT2D eigenvalue weighted by molar-refractivity contribution is 7.91. The van der Waals surface area contributed by atoms with Gasteiger partial charge >= 0.3 is 5.97 Å². The number of rotatable bonds is 6. The number of pyridine rings is 1. The first-order chi connectivity index (χ1) is 14.4. The van der Waals surface area contributed by atoms with Crippen molar-refractivity contribution in [2.75, 3.05) is 13.0 Å². The Morgan fingerprint density at radius 3 is 2.80 bits per heavy atom. The zero-order valence-corrected chi connectivity index (χ0v) is 17.3. The Morgan fingerprint density at radius 1 is 1.30 bits per heavy atom. The van der Waals surface area contributed by atoms with E-state index in [2.05, 4.69) is 14.9 Å². The van der Waals surface area contributed by atoms with Crippen LogP contribution >= 0.6 is 0 Å². The van der Waals surface area contributed by atoms with Crippen molar-refractivity contribution < 1.29 is 22.3 Å². The minimum Gasteiger partial charge on any atom is -0.469 e. The fourth-order valence-electron chi connectivity index (χ4n) is 3.93. The molecule has 1 aliphatic heterocycles. The summed E-state index contributed by atoms with van der Waals surface area (Å²) in [4.78, 5) is 16.4. The van der Waals surface area contributed by atoms with E-state index in [1.165, 1.54) is 19.2 Å². The maximum Gasteiger partial charge on any atom is 0.310 e. The number of esters is 1. The molecule has 158 valence electrons. The number of nitrogens with one attached hydrogen (secondary N) is 1. The molecular formula is C21H22FN3O4S. The van der Waals surface area contributed by atoms with Crippen LogP contribution in [0.3, 0.4) is 0 Å². The summed E-state index contributed by atoms with van der Waals surface area (Å²) in [6.45, 7) is 0.545. The monoisotopic (exact) mass is 431 g/mol. The van der Waals surface area contributed by atoms with Gasteiger partial charge in [-0.3, -0.25) is 10.1 Å². The molecule has 1 aromatic carbocycles. The van der Waals surface area contributed by atoms with E-state index in [-0.39, 0.29) is 29.2 Å². The number of hydrogen-bond donors (Lipinski definition) is 1. The number of sulfone groups is 1. The second kappa shape index (κ2) is 8.16. The van der Waals surface area contributed by atoms with Gasteiger partial charge in [0.2, 0.25) is 0 Å². The van der Waals surface area contributed by atoms with Crippen molar-refractivity contribution in [3.63, 3.8) is 0 Å². The summed E-state index contributed by atoms with van der Waals surface area (Å²) in [6, 6.07) is 8.52. The van der Waals surface area contributed by atoms with Gasteiger partial charge in [-0.1, -0.05) is 0 Å². The van der Waals surface area contributed by atoms with Gasteiger partial charge in [0.25, 0.3) is 0 Å². The van der Waals surface area contributed by atoms with Crippen molar-refractivity contribution in [1.29, 1.82) is 0 Å². The molecule has 4 rings (SSSR count). The van der Waals surface area contributed by atoms with Crippen molar-refractivity contribution in [3.8, 4) is 0 Å². The van der Waals surface area contributed by atoms with Crippen LogP contribution in [-0.2, 0) is 38.8 Å². The number of fused-ring (bicyclic) bond motifs is 3. The van der Waals surface area contributed by atoms with Gasteiger partial charge in [0.05, 0.1) is 18.4 Å². The Balaban J connectivity index is 1.54. The second-order valence-electron chi connectivity index (χ2n) is 7.32. The molecule has 0 aliphatic carbocycles. The number of hydrogen-bond acceptors (Lipinski definition) is 6. The zero-order chi connectivity index (χ0) is 21.3. The zero-order valence-electron chi connectivity index (χ0n) is 16.5. The molecule has 0 amide bonds. The topological polar surface area (TPSA) is 90.3 Å². The van der Waals surface area contributed by atoms with Gasteiger partial charge in [0, 0.05) is 29.9 Å². The van der Waals surface area contributed by atoms with Crippen LogP contribution in [0.1, 0.15) is 17.7 Å². The maximum atomic E-state index is 13.1.